The molecule has 4 aromatic carbocycles. The van der Waals surface area contributed by atoms with Gasteiger partial charge < -0.3 is 10.2 Å². The van der Waals surface area contributed by atoms with Gasteiger partial charge in [0.1, 0.15) is 6.04 Å². The highest BCUT2D eigenvalue weighted by molar-refractivity contribution is 7.89. The van der Waals surface area contributed by atoms with Crippen LogP contribution >= 0.6 is 11.6 Å². The summed E-state index contributed by atoms with van der Waals surface area (Å²) in [5.41, 5.74) is 3.30. The lowest BCUT2D eigenvalue weighted by molar-refractivity contribution is -0.141. The number of halogens is 1. The molecular formula is C33H34ClN3O4S. The fraction of sp³-hybridized carbons (Fsp3) is 0.212. The number of sulfonamides is 1. The monoisotopic (exact) mass is 603 g/mol. The molecule has 2 N–H and O–H groups in total. The number of carbonyl (C=O) groups is 2. The van der Waals surface area contributed by atoms with E-state index in [1.165, 1.54) is 12.1 Å². The summed E-state index contributed by atoms with van der Waals surface area (Å²) in [5.74, 6) is -0.497. The van der Waals surface area contributed by atoms with Crippen LogP contribution in [0.4, 0.5) is 0 Å². The molecule has 0 fully saturated rings. The third-order valence-electron chi connectivity index (χ3n) is 6.77. The second-order valence-electron chi connectivity index (χ2n) is 9.81. The maximum Gasteiger partial charge on any atom is 0.247 e. The van der Waals surface area contributed by atoms with Crippen molar-refractivity contribution in [3.05, 3.63) is 136 Å². The van der Waals surface area contributed by atoms with Crippen LogP contribution in [0.5, 0.6) is 0 Å². The van der Waals surface area contributed by atoms with Crippen LogP contribution in [0.1, 0.15) is 41.6 Å². The number of amides is 2. The summed E-state index contributed by atoms with van der Waals surface area (Å²) in [6.07, 6.45) is 0.507. The Morgan fingerprint density at radius 2 is 1.38 bits per heavy atom. The molecule has 0 spiro atoms. The summed E-state index contributed by atoms with van der Waals surface area (Å²) in [7, 11) is -3.57. The van der Waals surface area contributed by atoms with Gasteiger partial charge in [-0.05, 0) is 52.9 Å². The van der Waals surface area contributed by atoms with Gasteiger partial charge in [-0.2, -0.15) is 0 Å². The molecule has 0 saturated carbocycles. The molecule has 2 amide bonds. The van der Waals surface area contributed by atoms with Crippen molar-refractivity contribution in [3.8, 4) is 0 Å². The second kappa shape index (κ2) is 14.8. The van der Waals surface area contributed by atoms with Crippen LogP contribution in [-0.2, 0) is 39.1 Å². The fourth-order valence-corrected chi connectivity index (χ4v) is 5.77. The predicted octanol–water partition coefficient (Wildman–Crippen LogP) is 5.66. The van der Waals surface area contributed by atoms with Crippen LogP contribution < -0.4 is 10.0 Å². The minimum Gasteiger partial charge on any atom is -0.350 e. The largest absolute Gasteiger partial charge is 0.350 e. The van der Waals surface area contributed by atoms with E-state index < -0.39 is 16.1 Å². The van der Waals surface area contributed by atoms with Crippen molar-refractivity contribution in [2.24, 2.45) is 0 Å². The first-order valence-corrected chi connectivity index (χ1v) is 15.6. The first kappa shape index (κ1) is 31.0. The van der Waals surface area contributed by atoms with E-state index in [4.69, 9.17) is 11.6 Å². The third-order valence-corrected chi connectivity index (χ3v) is 8.58. The Kier molecular flexibility index (Phi) is 10.9. The number of hydrogen-bond acceptors (Lipinski definition) is 4. The number of aryl methyl sites for hydroxylation is 1. The molecule has 0 bridgehead atoms. The van der Waals surface area contributed by atoms with Gasteiger partial charge in [-0.25, -0.2) is 13.1 Å². The van der Waals surface area contributed by atoms with Crippen LogP contribution in [0.15, 0.2) is 114 Å². The smallest absolute Gasteiger partial charge is 0.247 e. The topological polar surface area (TPSA) is 95.6 Å². The number of carbonyl (C=O) groups excluding carboxylic acids is 2. The molecule has 218 valence electrons. The van der Waals surface area contributed by atoms with E-state index in [1.54, 1.807) is 36.1 Å². The fourth-order valence-electron chi connectivity index (χ4n) is 4.60. The summed E-state index contributed by atoms with van der Waals surface area (Å²) in [6.45, 7) is 2.55. The summed E-state index contributed by atoms with van der Waals surface area (Å²) in [4.78, 5) is 29.5. The van der Waals surface area contributed by atoms with Crippen molar-refractivity contribution in [1.29, 1.82) is 0 Å². The standard InChI is InChI=1S/C33H34ClN3O4S/c1-2-36-42(40,41)30-20-15-25(16-21-30)17-22-31(38)37(24-27-13-18-29(34)19-14-27)32(28-11-7-4-8-12-28)33(39)35-23-26-9-5-3-6-10-26/h3-16,18-21,32,36H,2,17,22-24H2,1H3,(H,35,39). The highest BCUT2D eigenvalue weighted by atomic mass is 35.5. The Labute approximate surface area is 252 Å². The van der Waals surface area contributed by atoms with Gasteiger partial charge in [0.25, 0.3) is 0 Å². The number of nitrogens with one attached hydrogen (secondary N) is 2. The minimum absolute atomic E-state index is 0.127. The van der Waals surface area contributed by atoms with E-state index in [0.29, 0.717) is 30.1 Å². The number of benzene rings is 4. The maximum atomic E-state index is 13.9. The van der Waals surface area contributed by atoms with Gasteiger partial charge >= 0.3 is 0 Å². The van der Waals surface area contributed by atoms with E-state index in [1.807, 2.05) is 72.8 Å². The van der Waals surface area contributed by atoms with Crippen molar-refractivity contribution in [2.45, 2.75) is 43.8 Å². The van der Waals surface area contributed by atoms with E-state index in [2.05, 4.69) is 10.0 Å². The molecule has 4 rings (SSSR count). The lowest BCUT2D eigenvalue weighted by atomic mass is 10.0. The SMILES string of the molecule is CCNS(=O)(=O)c1ccc(CCC(=O)N(Cc2ccc(Cl)cc2)C(C(=O)NCc2ccccc2)c2ccccc2)cc1. The summed E-state index contributed by atoms with van der Waals surface area (Å²) in [5, 5.41) is 3.60. The molecule has 9 heteroatoms. The number of rotatable bonds is 13. The van der Waals surface area contributed by atoms with Crippen LogP contribution in [0.25, 0.3) is 0 Å². The highest BCUT2D eigenvalue weighted by Crippen LogP contribution is 2.26. The maximum absolute atomic E-state index is 13.9. The van der Waals surface area contributed by atoms with Gasteiger partial charge in [-0.3, -0.25) is 9.59 Å². The number of nitrogens with zero attached hydrogens (tertiary/aromatic N) is 1. The van der Waals surface area contributed by atoms with Crippen molar-refractivity contribution in [1.82, 2.24) is 14.9 Å². The van der Waals surface area contributed by atoms with Crippen molar-refractivity contribution in [3.63, 3.8) is 0 Å². The van der Waals surface area contributed by atoms with Gasteiger partial charge in [0, 0.05) is 31.1 Å². The minimum atomic E-state index is -3.57. The van der Waals surface area contributed by atoms with Crippen molar-refractivity contribution >= 4 is 33.4 Å². The van der Waals surface area contributed by atoms with Crippen LogP contribution in [0, 0.1) is 0 Å². The van der Waals surface area contributed by atoms with Crippen LogP contribution in [-0.4, -0.2) is 31.7 Å². The summed E-state index contributed by atoms with van der Waals surface area (Å²) in [6, 6.07) is 31.7. The summed E-state index contributed by atoms with van der Waals surface area (Å²) < 4.78 is 27.1. The quantitative estimate of drug-likeness (QED) is 0.206. The lowest BCUT2D eigenvalue weighted by Crippen LogP contribution is -2.43. The second-order valence-corrected chi connectivity index (χ2v) is 12.0. The Morgan fingerprint density at radius 3 is 2.00 bits per heavy atom. The predicted molar refractivity (Wildman–Crippen MR) is 165 cm³/mol. The van der Waals surface area contributed by atoms with E-state index >= 15 is 0 Å². The average Bonchev–Trinajstić information content (AvgIpc) is 3.01. The molecule has 0 aliphatic carbocycles. The molecule has 42 heavy (non-hydrogen) atoms. The van der Waals surface area contributed by atoms with Crippen LogP contribution in [0.2, 0.25) is 5.02 Å². The molecule has 0 heterocycles. The molecule has 1 unspecified atom stereocenters. The van der Waals surface area contributed by atoms with Gasteiger partial charge in [-0.15, -0.1) is 0 Å². The molecule has 0 radical (unpaired) electrons. The lowest BCUT2D eigenvalue weighted by Gasteiger charge is -2.32. The van der Waals surface area contributed by atoms with Gasteiger partial charge in [-0.1, -0.05) is 103 Å². The average molecular weight is 604 g/mol. The zero-order valence-electron chi connectivity index (χ0n) is 23.4. The Balaban J connectivity index is 1.59. The molecule has 4 aromatic rings. The van der Waals surface area contributed by atoms with E-state index in [-0.39, 0.29) is 29.7 Å². The molecule has 0 aliphatic rings. The Bertz CT molecular complexity index is 1560. The Hall–Kier alpha value is -3.98. The van der Waals surface area contributed by atoms with Gasteiger partial charge in [0.15, 0.2) is 0 Å². The van der Waals surface area contributed by atoms with E-state index in [0.717, 1.165) is 16.7 Å². The zero-order chi connectivity index (χ0) is 30.0. The third kappa shape index (κ3) is 8.52. The normalized spacial score (nSPS) is 12.0. The van der Waals surface area contributed by atoms with Crippen LogP contribution in [0.3, 0.4) is 0 Å². The first-order valence-electron chi connectivity index (χ1n) is 13.8. The van der Waals surface area contributed by atoms with Gasteiger partial charge in [0.2, 0.25) is 21.8 Å². The molecule has 0 aliphatic heterocycles. The van der Waals surface area contributed by atoms with Crippen molar-refractivity contribution in [2.75, 3.05) is 6.54 Å². The van der Waals surface area contributed by atoms with E-state index in [9.17, 15) is 18.0 Å². The van der Waals surface area contributed by atoms with Gasteiger partial charge in [0.05, 0.1) is 4.90 Å². The highest BCUT2D eigenvalue weighted by Gasteiger charge is 2.31. The first-order chi connectivity index (χ1) is 20.3. The molecule has 7 nitrogen and oxygen atoms in total. The molecule has 1 atom stereocenters. The Morgan fingerprint density at radius 1 is 0.786 bits per heavy atom. The molecular weight excluding hydrogens is 570 g/mol. The summed E-state index contributed by atoms with van der Waals surface area (Å²) >= 11 is 6.11. The number of hydrogen-bond donors (Lipinski definition) is 2. The molecule has 0 aromatic heterocycles. The molecule has 0 saturated heterocycles. The zero-order valence-corrected chi connectivity index (χ0v) is 24.9. The van der Waals surface area contributed by atoms with Crippen molar-refractivity contribution < 1.29 is 18.0 Å².